The summed E-state index contributed by atoms with van der Waals surface area (Å²) in [5, 5.41) is 0. The van der Waals surface area contributed by atoms with Gasteiger partial charge in [0.2, 0.25) is 0 Å². The monoisotopic (exact) mass is 374 g/mol. The molecule has 4 heteroatoms. The van der Waals surface area contributed by atoms with E-state index in [0.717, 1.165) is 0 Å². The van der Waals surface area contributed by atoms with E-state index in [1.165, 1.54) is 12.1 Å². The third-order valence-corrected chi connectivity index (χ3v) is 0.733. The summed E-state index contributed by atoms with van der Waals surface area (Å²) in [5.41, 5.74) is 0. The molecule has 0 N–H and O–H groups in total. The number of hydrogen-bond acceptors (Lipinski definition) is 0. The molecular weight excluding hydrogens is 369 g/mol. The maximum atomic E-state index is 11.9. The molecule has 0 atom stereocenters. The molecule has 0 bridgehead atoms. The van der Waals surface area contributed by atoms with Crippen molar-refractivity contribution in [3.05, 3.63) is 36.1 Å². The van der Waals surface area contributed by atoms with E-state index in [-0.39, 0.29) is 76.8 Å². The summed E-state index contributed by atoms with van der Waals surface area (Å²) >= 11 is 0. The van der Waals surface area contributed by atoms with Gasteiger partial charge in [-0.15, -0.1) is 0 Å². The summed E-state index contributed by atoms with van der Waals surface area (Å²) in [6.45, 7) is 0. The summed E-state index contributed by atoms with van der Waals surface area (Å²) in [6, 6.07) is 7.94. The van der Waals surface area contributed by atoms with Crippen LogP contribution >= 0.6 is 0 Å². The van der Waals surface area contributed by atoms with Gasteiger partial charge < -0.3 is 48.0 Å². The summed E-state index contributed by atoms with van der Waals surface area (Å²) in [4.78, 5) is 0. The minimum atomic E-state index is -0.178. The smallest absolute Gasteiger partial charge is 1.00 e. The first-order valence-corrected chi connectivity index (χ1v) is 2.10. The van der Waals surface area contributed by atoms with Crippen LogP contribution in [0.3, 0.4) is 0 Å². The fraction of sp³-hybridized carbons (Fsp3) is 0. The zero-order chi connectivity index (χ0) is 5.11. The first kappa shape index (κ1) is 17.5. The first-order valence-electron chi connectivity index (χ1n) is 2.10. The van der Waals surface area contributed by atoms with Crippen molar-refractivity contribution in [2.24, 2.45) is 0 Å². The van der Waals surface area contributed by atoms with Gasteiger partial charge in [-0.1, -0.05) is 18.2 Å². The van der Waals surface area contributed by atoms with Crippen molar-refractivity contribution in [3.63, 3.8) is 0 Å². The number of hydrogen-bond donors (Lipinski definition) is 0. The van der Waals surface area contributed by atoms with Crippen LogP contribution in [0.5, 0.6) is 0 Å². The Morgan fingerprint density at radius 1 is 0.900 bits per heavy atom. The van der Waals surface area contributed by atoms with E-state index in [9.17, 15) is 4.39 Å². The fourth-order valence-electron chi connectivity index (χ4n) is 0.415. The third kappa shape index (κ3) is 7.48. The van der Waals surface area contributed by atoms with Crippen LogP contribution in [0, 0.1) is 5.82 Å². The van der Waals surface area contributed by atoms with Crippen LogP contribution in [0.1, 0.15) is 0 Å². The molecule has 0 aliphatic carbocycles. The van der Waals surface area contributed by atoms with Gasteiger partial charge in [0.05, 0.1) is 0 Å². The van der Waals surface area contributed by atoms with Crippen molar-refractivity contribution in [1.29, 1.82) is 0 Å². The quantitative estimate of drug-likeness (QED) is 0.317. The van der Waals surface area contributed by atoms with Gasteiger partial charge in [-0.3, -0.25) is 0 Å². The van der Waals surface area contributed by atoms with Crippen molar-refractivity contribution in [2.45, 2.75) is 0 Å². The van der Waals surface area contributed by atoms with E-state index in [0.29, 0.717) is 0 Å². The van der Waals surface area contributed by atoms with Crippen molar-refractivity contribution in [2.75, 3.05) is 0 Å². The van der Waals surface area contributed by atoms with Crippen LogP contribution in [-0.2, 0) is 0 Å². The van der Waals surface area contributed by atoms with Gasteiger partial charge in [-0.2, -0.15) is 0 Å². The molecule has 1 aromatic carbocycles. The Morgan fingerprint density at radius 3 is 1.50 bits per heavy atom. The van der Waals surface area contributed by atoms with Crippen LogP contribution in [0.15, 0.2) is 30.3 Å². The molecule has 10 heavy (non-hydrogen) atoms. The summed E-state index contributed by atoms with van der Waals surface area (Å²) in [5.74, 6) is -0.178. The molecule has 1 rings (SSSR count). The maximum absolute atomic E-state index is 11.9. The Kier molecular flexibility index (Phi) is 18.1. The van der Waals surface area contributed by atoms with Crippen LogP contribution in [-0.4, -0.2) is 23.1 Å². The standard InChI is InChI=1S/C6H5F.2HI.Mg/c7-6-4-2-1-3-5-6;;;/h1-5H;2*1H;/q;;;+2/p-2. The van der Waals surface area contributed by atoms with E-state index in [1.54, 1.807) is 18.2 Å². The molecule has 0 spiro atoms. The van der Waals surface area contributed by atoms with E-state index < -0.39 is 0 Å². The van der Waals surface area contributed by atoms with Gasteiger partial charge in [0, 0.05) is 0 Å². The molecule has 0 nitrogen and oxygen atoms in total. The fourth-order valence-corrected chi connectivity index (χ4v) is 0.415. The molecule has 0 aliphatic heterocycles. The number of benzene rings is 1. The summed E-state index contributed by atoms with van der Waals surface area (Å²) < 4.78 is 11.9. The zero-order valence-electron chi connectivity index (χ0n) is 5.23. The van der Waals surface area contributed by atoms with Crippen LogP contribution < -0.4 is 48.0 Å². The Bertz CT molecular complexity index is 146. The molecule has 0 saturated heterocycles. The predicted octanol–water partition coefficient (Wildman–Crippen LogP) is -4.55. The van der Waals surface area contributed by atoms with Crippen molar-refractivity contribution >= 4 is 23.1 Å². The molecular formula is C6H5FI2Mg. The summed E-state index contributed by atoms with van der Waals surface area (Å²) in [7, 11) is 0. The Morgan fingerprint density at radius 2 is 1.30 bits per heavy atom. The predicted molar refractivity (Wildman–Crippen MR) is 32.2 cm³/mol. The van der Waals surface area contributed by atoms with Crippen molar-refractivity contribution in [1.82, 2.24) is 0 Å². The topological polar surface area (TPSA) is 0 Å². The first-order chi connectivity index (χ1) is 3.39. The van der Waals surface area contributed by atoms with Gasteiger partial charge >= 0.3 is 23.1 Å². The SMILES string of the molecule is Fc1ccccc1.[I-].[I-].[Mg+2]. The molecule has 0 unspecified atom stereocenters. The second-order valence-corrected chi connectivity index (χ2v) is 1.30. The average molecular weight is 374 g/mol. The minimum Gasteiger partial charge on any atom is -1.00 e. The molecule has 52 valence electrons. The van der Waals surface area contributed by atoms with Crippen molar-refractivity contribution < 1.29 is 52.3 Å². The van der Waals surface area contributed by atoms with E-state index >= 15 is 0 Å². The normalized spacial score (nSPS) is 6.10. The molecule has 0 aliphatic rings. The van der Waals surface area contributed by atoms with Crippen molar-refractivity contribution in [3.8, 4) is 0 Å². The average Bonchev–Trinajstić information content (AvgIpc) is 1.69. The van der Waals surface area contributed by atoms with Crippen LogP contribution in [0.2, 0.25) is 0 Å². The Balaban J connectivity index is -0.000000163. The number of rotatable bonds is 0. The van der Waals surface area contributed by atoms with Crippen LogP contribution in [0.4, 0.5) is 4.39 Å². The Hall–Kier alpha value is 1.38. The molecule has 0 heterocycles. The van der Waals surface area contributed by atoms with Gasteiger partial charge in [-0.05, 0) is 12.1 Å². The molecule has 0 radical (unpaired) electrons. The van der Waals surface area contributed by atoms with Gasteiger partial charge in [0.15, 0.2) is 0 Å². The molecule has 0 fully saturated rings. The number of halogens is 3. The second-order valence-electron chi connectivity index (χ2n) is 1.30. The van der Waals surface area contributed by atoms with E-state index in [1.807, 2.05) is 0 Å². The maximum Gasteiger partial charge on any atom is 2.00 e. The van der Waals surface area contributed by atoms with Gasteiger partial charge in [0.25, 0.3) is 0 Å². The molecule has 0 aromatic heterocycles. The minimum absolute atomic E-state index is 0. The van der Waals surface area contributed by atoms with Crippen LogP contribution in [0.25, 0.3) is 0 Å². The zero-order valence-corrected chi connectivity index (χ0v) is 11.0. The second kappa shape index (κ2) is 10.4. The van der Waals surface area contributed by atoms with Gasteiger partial charge in [0.1, 0.15) is 5.82 Å². The van der Waals surface area contributed by atoms with E-state index in [2.05, 4.69) is 0 Å². The largest absolute Gasteiger partial charge is 2.00 e. The Labute approximate surface area is 110 Å². The molecule has 0 saturated carbocycles. The third-order valence-electron chi connectivity index (χ3n) is 0.733. The van der Waals surface area contributed by atoms with E-state index in [4.69, 9.17) is 0 Å². The molecule has 1 aromatic rings. The summed E-state index contributed by atoms with van der Waals surface area (Å²) in [6.07, 6.45) is 0. The molecule has 0 amide bonds. The van der Waals surface area contributed by atoms with Gasteiger partial charge in [-0.25, -0.2) is 4.39 Å².